The number of benzene rings is 2. The Morgan fingerprint density at radius 2 is 1.97 bits per heavy atom. The van der Waals surface area contributed by atoms with Crippen LogP contribution in [-0.2, 0) is 24.7 Å². The number of rotatable bonds is 5. The van der Waals surface area contributed by atoms with Gasteiger partial charge in [0.2, 0.25) is 23.6 Å². The fourth-order valence-corrected chi connectivity index (χ4v) is 5.69. The second kappa shape index (κ2) is 7.85. The first kappa shape index (κ1) is 22.9. The quantitative estimate of drug-likeness (QED) is 0.321. The molecule has 3 aliphatic heterocycles. The Bertz CT molecular complexity index is 1350. The second-order valence-corrected chi connectivity index (χ2v) is 9.31. The fourth-order valence-electron chi connectivity index (χ4n) is 5.54. The number of carbonyl (C=O) groups excluding carboxylic acids is 4. The third-order valence-electron chi connectivity index (χ3n) is 7.09. The Kier molecular flexibility index (Phi) is 5.15. The van der Waals surface area contributed by atoms with E-state index < -0.39 is 52.0 Å². The summed E-state index contributed by atoms with van der Waals surface area (Å²) < 4.78 is 0. The van der Waals surface area contributed by atoms with Gasteiger partial charge < -0.3 is 11.1 Å². The van der Waals surface area contributed by atoms with Crippen molar-refractivity contribution in [2.45, 2.75) is 31.3 Å². The van der Waals surface area contributed by atoms with Crippen molar-refractivity contribution in [1.82, 2.24) is 5.32 Å². The average Bonchev–Trinajstić information content (AvgIpc) is 3.40. The molecule has 2 saturated heterocycles. The van der Waals surface area contributed by atoms with Crippen LogP contribution in [0.4, 0.5) is 17.1 Å². The SMILES string of the molecule is Cc1c(Cl)ccc2c1NC(=O)[C@@]21N[C@H](CCC(N)=O)[C@H]2C(=O)N(c3cccc([N+](=O)[O-])c3)C(=O)[C@@H]21. The van der Waals surface area contributed by atoms with E-state index in [1.165, 1.54) is 18.2 Å². The molecule has 1 spiro atoms. The minimum absolute atomic E-state index is 0.0401. The first-order valence-electron chi connectivity index (χ1n) is 10.9. The molecule has 4 N–H and O–H groups in total. The number of hydrogen-bond acceptors (Lipinski definition) is 7. The zero-order valence-electron chi connectivity index (χ0n) is 18.4. The van der Waals surface area contributed by atoms with Crippen LogP contribution in [0.25, 0.3) is 0 Å². The summed E-state index contributed by atoms with van der Waals surface area (Å²) in [5.41, 5.74) is 5.05. The van der Waals surface area contributed by atoms with Gasteiger partial charge in [0.1, 0.15) is 5.54 Å². The molecule has 2 aromatic carbocycles. The van der Waals surface area contributed by atoms with Crippen LogP contribution in [-0.4, -0.2) is 34.6 Å². The van der Waals surface area contributed by atoms with Crippen molar-refractivity contribution in [3.63, 3.8) is 0 Å². The number of primary amides is 1. The number of nitrogens with two attached hydrogens (primary N) is 1. The molecule has 0 aromatic heterocycles. The van der Waals surface area contributed by atoms with Gasteiger partial charge in [-0.1, -0.05) is 23.7 Å². The molecule has 35 heavy (non-hydrogen) atoms. The fraction of sp³-hybridized carbons (Fsp3) is 0.304. The van der Waals surface area contributed by atoms with Crippen LogP contribution in [0.2, 0.25) is 5.02 Å². The Morgan fingerprint density at radius 1 is 1.23 bits per heavy atom. The molecule has 3 aliphatic rings. The van der Waals surface area contributed by atoms with E-state index in [9.17, 15) is 29.3 Å². The topological polar surface area (TPSA) is 165 Å². The summed E-state index contributed by atoms with van der Waals surface area (Å²) in [5, 5.41) is 17.7. The highest BCUT2D eigenvalue weighted by atomic mass is 35.5. The molecule has 12 heteroatoms. The van der Waals surface area contributed by atoms with Crippen molar-refractivity contribution < 1.29 is 24.1 Å². The molecule has 2 fully saturated rings. The maximum absolute atomic E-state index is 13.8. The molecule has 4 atom stereocenters. The number of nitrogens with one attached hydrogen (secondary N) is 2. The third kappa shape index (κ3) is 3.15. The van der Waals surface area contributed by atoms with E-state index in [-0.39, 0.29) is 24.2 Å². The number of amides is 4. The van der Waals surface area contributed by atoms with Crippen LogP contribution >= 0.6 is 11.6 Å². The summed E-state index contributed by atoms with van der Waals surface area (Å²) in [5.74, 6) is -4.51. The Morgan fingerprint density at radius 3 is 2.66 bits per heavy atom. The lowest BCUT2D eigenvalue weighted by Gasteiger charge is -2.29. The van der Waals surface area contributed by atoms with Crippen molar-refractivity contribution >= 4 is 52.3 Å². The van der Waals surface area contributed by atoms with Crippen molar-refractivity contribution in [3.05, 3.63) is 62.7 Å². The van der Waals surface area contributed by atoms with Crippen molar-refractivity contribution in [3.8, 4) is 0 Å². The first-order chi connectivity index (χ1) is 16.6. The van der Waals surface area contributed by atoms with Crippen LogP contribution in [0.3, 0.4) is 0 Å². The number of imide groups is 1. The molecule has 4 amide bonds. The number of non-ortho nitro benzene ring substituents is 1. The van der Waals surface area contributed by atoms with Gasteiger partial charge in [0.15, 0.2) is 0 Å². The lowest BCUT2D eigenvalue weighted by atomic mass is 9.76. The number of carbonyl (C=O) groups is 4. The lowest BCUT2D eigenvalue weighted by molar-refractivity contribution is -0.384. The highest BCUT2D eigenvalue weighted by Gasteiger charge is 2.70. The van der Waals surface area contributed by atoms with E-state index in [0.717, 1.165) is 11.0 Å². The maximum Gasteiger partial charge on any atom is 0.271 e. The van der Waals surface area contributed by atoms with Gasteiger partial charge in [-0.25, -0.2) is 4.90 Å². The molecule has 180 valence electrons. The summed E-state index contributed by atoms with van der Waals surface area (Å²) in [7, 11) is 0. The van der Waals surface area contributed by atoms with Gasteiger partial charge in [0.05, 0.1) is 28.1 Å². The van der Waals surface area contributed by atoms with Crippen LogP contribution < -0.4 is 21.3 Å². The molecular weight excluding hydrogens is 478 g/mol. The Balaban J connectivity index is 1.66. The number of fused-ring (bicyclic) bond motifs is 4. The summed E-state index contributed by atoms with van der Waals surface area (Å²) in [6.45, 7) is 1.73. The van der Waals surface area contributed by atoms with Crippen molar-refractivity contribution in [2.75, 3.05) is 10.2 Å². The van der Waals surface area contributed by atoms with E-state index in [0.29, 0.717) is 21.8 Å². The summed E-state index contributed by atoms with van der Waals surface area (Å²) in [4.78, 5) is 64.0. The minimum atomic E-state index is -1.58. The molecule has 0 bridgehead atoms. The number of nitrogens with zero attached hydrogens (tertiary/aromatic N) is 2. The van der Waals surface area contributed by atoms with E-state index in [1.54, 1.807) is 19.1 Å². The molecule has 0 radical (unpaired) electrons. The normalized spacial score (nSPS) is 26.7. The highest BCUT2D eigenvalue weighted by molar-refractivity contribution is 6.32. The van der Waals surface area contributed by atoms with E-state index in [2.05, 4.69) is 10.6 Å². The number of hydrogen-bond donors (Lipinski definition) is 3. The number of anilines is 2. The predicted molar refractivity (Wildman–Crippen MR) is 124 cm³/mol. The second-order valence-electron chi connectivity index (χ2n) is 8.91. The van der Waals surface area contributed by atoms with E-state index in [4.69, 9.17) is 17.3 Å². The molecule has 5 rings (SSSR count). The van der Waals surface area contributed by atoms with Gasteiger partial charge in [-0.15, -0.1) is 0 Å². The maximum atomic E-state index is 13.8. The van der Waals surface area contributed by atoms with Gasteiger partial charge in [-0.05, 0) is 31.0 Å². The largest absolute Gasteiger partial charge is 0.370 e. The zero-order valence-corrected chi connectivity index (χ0v) is 19.2. The molecule has 11 nitrogen and oxygen atoms in total. The van der Waals surface area contributed by atoms with Gasteiger partial charge in [0.25, 0.3) is 5.69 Å². The number of halogens is 1. The molecule has 2 aromatic rings. The molecule has 0 saturated carbocycles. The minimum Gasteiger partial charge on any atom is -0.370 e. The molecule has 3 heterocycles. The lowest BCUT2D eigenvalue weighted by Crippen LogP contribution is -2.53. The summed E-state index contributed by atoms with van der Waals surface area (Å²) in [6, 6.07) is 7.73. The monoisotopic (exact) mass is 497 g/mol. The molecule has 0 unspecified atom stereocenters. The average molecular weight is 498 g/mol. The van der Waals surface area contributed by atoms with Crippen LogP contribution in [0.1, 0.15) is 24.0 Å². The van der Waals surface area contributed by atoms with Crippen LogP contribution in [0.5, 0.6) is 0 Å². The standard InChI is InChI=1S/C23H20ClN5O6/c1-10-14(24)6-5-13-19(10)26-22(33)23(13)18-17(15(27-23)7-8-16(25)30)20(31)28(21(18)32)11-3-2-4-12(9-11)29(34)35/h2-6,9,15,17-18,27H,7-8H2,1H3,(H2,25,30)(H,26,33)/t15-,17-,18-,23-/m1/s1. The van der Waals surface area contributed by atoms with Gasteiger partial charge in [0, 0.05) is 35.2 Å². The van der Waals surface area contributed by atoms with Gasteiger partial charge in [-0.3, -0.25) is 34.6 Å². The number of nitro groups is 1. The van der Waals surface area contributed by atoms with Gasteiger partial charge >= 0.3 is 0 Å². The summed E-state index contributed by atoms with van der Waals surface area (Å²) in [6.07, 6.45) is 0.0542. The highest BCUT2D eigenvalue weighted by Crippen LogP contribution is 2.55. The van der Waals surface area contributed by atoms with Crippen LogP contribution in [0, 0.1) is 28.9 Å². The van der Waals surface area contributed by atoms with E-state index in [1.807, 2.05) is 0 Å². The summed E-state index contributed by atoms with van der Waals surface area (Å²) >= 11 is 6.25. The van der Waals surface area contributed by atoms with Crippen LogP contribution in [0.15, 0.2) is 36.4 Å². The Labute approximate surface area is 203 Å². The molecular formula is C23H20ClN5O6. The first-order valence-corrected chi connectivity index (χ1v) is 11.2. The molecule has 0 aliphatic carbocycles. The Hall–Kier alpha value is -3.83. The van der Waals surface area contributed by atoms with Crippen molar-refractivity contribution in [1.29, 1.82) is 0 Å². The van der Waals surface area contributed by atoms with Gasteiger partial charge in [-0.2, -0.15) is 0 Å². The van der Waals surface area contributed by atoms with E-state index >= 15 is 0 Å². The zero-order chi connectivity index (χ0) is 25.2. The third-order valence-corrected chi connectivity index (χ3v) is 7.49. The predicted octanol–water partition coefficient (Wildman–Crippen LogP) is 1.75. The smallest absolute Gasteiger partial charge is 0.271 e. The van der Waals surface area contributed by atoms with Crippen molar-refractivity contribution in [2.24, 2.45) is 17.6 Å². The number of nitro benzene ring substituents is 1.